The molecule has 17 heteroatoms. The van der Waals surface area contributed by atoms with E-state index in [0.29, 0.717) is 0 Å². The molecule has 0 atom stereocenters. The zero-order valence-electron chi connectivity index (χ0n) is 15.7. The van der Waals surface area contributed by atoms with Crippen molar-refractivity contribution in [2.75, 3.05) is 23.0 Å². The van der Waals surface area contributed by atoms with Crippen LogP contribution >= 0.6 is 23.5 Å². The summed E-state index contributed by atoms with van der Waals surface area (Å²) >= 11 is 1.61. The molecule has 13 nitrogen and oxygen atoms in total. The number of rotatable bonds is 11. The largest absolute Gasteiger partial charge is 0.478 e. The lowest BCUT2D eigenvalue weighted by atomic mass is 10.0. The van der Waals surface area contributed by atoms with E-state index >= 15 is 0 Å². The molecule has 0 amide bonds. The Kier molecular flexibility index (Phi) is 7.84. The third-order valence-electron chi connectivity index (χ3n) is 3.83. The summed E-state index contributed by atoms with van der Waals surface area (Å²) in [5.74, 6) is -7.10. The van der Waals surface area contributed by atoms with Crippen molar-refractivity contribution in [2.45, 2.75) is 9.92 Å². The monoisotopic (exact) mass is 529 g/mol. The molecule has 2 heterocycles. The minimum atomic E-state index is -4.36. The second-order valence-corrected chi connectivity index (χ2v) is 11.4. The van der Waals surface area contributed by atoms with E-state index in [1.165, 1.54) is 6.07 Å². The molecule has 2 aromatic heterocycles. The number of nitrogens with zero attached hydrogens (tertiary/aromatic N) is 1. The Morgan fingerprint density at radius 3 is 1.75 bits per heavy atom. The quantitative estimate of drug-likeness (QED) is 0.202. The summed E-state index contributed by atoms with van der Waals surface area (Å²) in [5.41, 5.74) is -2.89. The maximum Gasteiger partial charge on any atom is 0.338 e. The van der Waals surface area contributed by atoms with E-state index in [1.807, 2.05) is 0 Å². The zero-order chi connectivity index (χ0) is 24.4. The Bertz CT molecular complexity index is 1310. The highest BCUT2D eigenvalue weighted by atomic mass is 32.2. The van der Waals surface area contributed by atoms with Crippen molar-refractivity contribution >= 4 is 67.2 Å². The number of thioether (sulfide) groups is 2. The summed E-state index contributed by atoms with van der Waals surface area (Å²) in [6, 6.07) is 1.19. The van der Waals surface area contributed by atoms with Crippen LogP contribution in [0.4, 0.5) is 0 Å². The third kappa shape index (κ3) is 6.36. The molecule has 0 aromatic carbocycles. The van der Waals surface area contributed by atoms with Gasteiger partial charge in [-0.15, -0.1) is 23.5 Å². The van der Waals surface area contributed by atoms with Crippen LogP contribution < -0.4 is 0 Å². The molecule has 0 saturated heterocycles. The first kappa shape index (κ1) is 25.9. The van der Waals surface area contributed by atoms with E-state index < -0.39 is 66.3 Å². The predicted molar refractivity (Wildman–Crippen MR) is 113 cm³/mol. The Hall–Kier alpha value is -2.31. The van der Waals surface area contributed by atoms with Crippen molar-refractivity contribution in [3.63, 3.8) is 0 Å². The van der Waals surface area contributed by atoms with Gasteiger partial charge in [0.1, 0.15) is 0 Å². The summed E-state index contributed by atoms with van der Waals surface area (Å²) in [6.45, 7) is 0. The van der Waals surface area contributed by atoms with Crippen LogP contribution in [-0.2, 0) is 20.2 Å². The smallest absolute Gasteiger partial charge is 0.338 e. The first-order valence-electron chi connectivity index (χ1n) is 8.20. The van der Waals surface area contributed by atoms with Crippen LogP contribution in [0.5, 0.6) is 0 Å². The summed E-state index contributed by atoms with van der Waals surface area (Å²) < 4.78 is 62.8. The summed E-state index contributed by atoms with van der Waals surface area (Å²) in [7, 11) is -8.68. The fraction of sp³-hybridized carbons (Fsp3) is 0.267. The SMILES string of the molecule is O=C(O)c1cn2c(SCCS(=O)(=O)O)c(SCCS(=O)(=O)O)cc2c(C(=O)O)c1C(=O)O. The minimum absolute atomic E-state index is 0.0888. The molecule has 176 valence electrons. The molecule has 2 rings (SSSR count). The number of carboxylic acids is 3. The van der Waals surface area contributed by atoms with Gasteiger partial charge in [-0.25, -0.2) is 14.4 Å². The molecule has 0 radical (unpaired) electrons. The average molecular weight is 530 g/mol. The van der Waals surface area contributed by atoms with Gasteiger partial charge in [0.05, 0.1) is 38.7 Å². The molecule has 0 spiro atoms. The zero-order valence-corrected chi connectivity index (χ0v) is 18.9. The molecule has 0 unspecified atom stereocenters. The van der Waals surface area contributed by atoms with Crippen LogP contribution in [0.25, 0.3) is 5.52 Å². The molecular weight excluding hydrogens is 514 g/mol. The highest BCUT2D eigenvalue weighted by molar-refractivity contribution is 8.03. The van der Waals surface area contributed by atoms with E-state index in [-0.39, 0.29) is 26.9 Å². The number of fused-ring (bicyclic) bond motifs is 1. The van der Waals surface area contributed by atoms with Crippen LogP contribution in [0.1, 0.15) is 31.1 Å². The molecule has 0 bridgehead atoms. The van der Waals surface area contributed by atoms with Crippen LogP contribution in [-0.4, -0.2) is 86.6 Å². The lowest BCUT2D eigenvalue weighted by Crippen LogP contribution is -2.17. The predicted octanol–water partition coefficient (Wildman–Crippen LogP) is 0.994. The third-order valence-corrected chi connectivity index (χ3v) is 8.04. The molecule has 0 aliphatic heterocycles. The second-order valence-electron chi connectivity index (χ2n) is 6.05. The first-order valence-corrected chi connectivity index (χ1v) is 13.4. The van der Waals surface area contributed by atoms with Crippen molar-refractivity contribution in [1.82, 2.24) is 4.40 Å². The Labute approximate surface area is 188 Å². The molecule has 0 aliphatic carbocycles. The fourth-order valence-corrected chi connectivity index (χ4v) is 6.63. The lowest BCUT2D eigenvalue weighted by molar-refractivity contribution is 0.0633. The number of hydrogen-bond acceptors (Lipinski definition) is 9. The van der Waals surface area contributed by atoms with Gasteiger partial charge in [0, 0.05) is 22.6 Å². The van der Waals surface area contributed by atoms with Gasteiger partial charge in [-0.05, 0) is 6.07 Å². The fourth-order valence-electron chi connectivity index (χ4n) is 2.61. The number of pyridine rings is 1. The number of aromatic nitrogens is 1. The summed E-state index contributed by atoms with van der Waals surface area (Å²) in [4.78, 5) is 35.2. The molecular formula is C15H15NO12S4. The number of aromatic carboxylic acids is 3. The highest BCUT2D eigenvalue weighted by Crippen LogP contribution is 2.37. The van der Waals surface area contributed by atoms with E-state index in [9.17, 15) is 46.5 Å². The normalized spacial score (nSPS) is 12.2. The van der Waals surface area contributed by atoms with Crippen molar-refractivity contribution in [1.29, 1.82) is 0 Å². The Morgan fingerprint density at radius 1 is 0.812 bits per heavy atom. The standard InChI is InChI=1S/C15H15NO12S4/c17-13(18)7-6-16-8(11(15(21)22)10(7)14(19)20)5-9(29-1-3-31(23,24)25)12(16)30-2-4-32(26,27)28/h5-6H,1-4H2,(H,17,18)(H,19,20)(H,21,22)(H,23,24,25)(H,26,27,28). The van der Waals surface area contributed by atoms with Crippen molar-refractivity contribution in [3.8, 4) is 0 Å². The van der Waals surface area contributed by atoms with Crippen LogP contribution in [0.3, 0.4) is 0 Å². The molecule has 0 fully saturated rings. The number of carboxylic acid groups (broad SMARTS) is 3. The van der Waals surface area contributed by atoms with Crippen LogP contribution in [0.15, 0.2) is 22.2 Å². The topological polar surface area (TPSA) is 225 Å². The van der Waals surface area contributed by atoms with Gasteiger partial charge in [-0.2, -0.15) is 16.8 Å². The maximum atomic E-state index is 11.8. The van der Waals surface area contributed by atoms with E-state index in [4.69, 9.17) is 9.11 Å². The second kappa shape index (κ2) is 9.67. The van der Waals surface area contributed by atoms with Crippen LogP contribution in [0.2, 0.25) is 0 Å². The van der Waals surface area contributed by atoms with Crippen molar-refractivity contribution in [3.05, 3.63) is 29.0 Å². The summed E-state index contributed by atoms with van der Waals surface area (Å²) in [6.07, 6.45) is 0.857. The van der Waals surface area contributed by atoms with Crippen LogP contribution in [0, 0.1) is 0 Å². The van der Waals surface area contributed by atoms with Crippen molar-refractivity contribution < 1.29 is 55.6 Å². The lowest BCUT2D eigenvalue weighted by Gasteiger charge is -2.11. The van der Waals surface area contributed by atoms with Gasteiger partial charge in [-0.3, -0.25) is 9.11 Å². The van der Waals surface area contributed by atoms with E-state index in [2.05, 4.69) is 0 Å². The van der Waals surface area contributed by atoms with Gasteiger partial charge in [0.15, 0.2) is 0 Å². The van der Waals surface area contributed by atoms with Crippen molar-refractivity contribution in [2.24, 2.45) is 0 Å². The van der Waals surface area contributed by atoms with E-state index in [0.717, 1.165) is 34.1 Å². The Morgan fingerprint density at radius 2 is 1.31 bits per heavy atom. The first-order chi connectivity index (χ1) is 14.6. The number of carbonyl (C=O) groups is 3. The average Bonchev–Trinajstić information content (AvgIpc) is 2.94. The van der Waals surface area contributed by atoms with Gasteiger partial charge < -0.3 is 19.7 Å². The molecule has 0 aliphatic rings. The molecule has 0 saturated carbocycles. The molecule has 5 N–H and O–H groups in total. The molecule has 32 heavy (non-hydrogen) atoms. The minimum Gasteiger partial charge on any atom is -0.478 e. The Balaban J connectivity index is 2.75. The van der Waals surface area contributed by atoms with Gasteiger partial charge in [0.2, 0.25) is 0 Å². The molecule has 2 aromatic rings. The van der Waals surface area contributed by atoms with Gasteiger partial charge in [0.25, 0.3) is 20.2 Å². The number of hydrogen-bond donors (Lipinski definition) is 5. The highest BCUT2D eigenvalue weighted by Gasteiger charge is 2.29. The van der Waals surface area contributed by atoms with Gasteiger partial charge >= 0.3 is 17.9 Å². The van der Waals surface area contributed by atoms with Gasteiger partial charge in [-0.1, -0.05) is 0 Å². The van der Waals surface area contributed by atoms with E-state index in [1.54, 1.807) is 0 Å². The maximum absolute atomic E-state index is 11.8. The summed E-state index contributed by atoms with van der Waals surface area (Å²) in [5, 5.41) is 28.5.